The molecule has 1 aromatic heterocycles. The molecular weight excluding hydrogens is 272 g/mol. The van der Waals surface area contributed by atoms with Crippen LogP contribution in [-0.2, 0) is 9.84 Å². The summed E-state index contributed by atoms with van der Waals surface area (Å²) in [7, 11) is -1.69. The number of sulfone groups is 1. The van der Waals surface area contributed by atoms with Crippen LogP contribution in [0.5, 0.6) is 0 Å². The maximum atomic E-state index is 11.9. The number of aromatic nitrogens is 1. The zero-order valence-electron chi connectivity index (χ0n) is 10.5. The Labute approximate surface area is 110 Å². The maximum absolute atomic E-state index is 11.9. The van der Waals surface area contributed by atoms with Gasteiger partial charge in [-0.2, -0.15) is 0 Å². The molecule has 0 spiro atoms. The standard InChI is InChI=1S/C11H14N2O5S/c1-13(5-6-19(2,17)18)10(14)9-4-3-8(7-12-9)11(15)16/h3-4,7H,5-6H2,1-2H3,(H,15,16). The van der Waals surface area contributed by atoms with E-state index in [1.165, 1.54) is 24.1 Å². The van der Waals surface area contributed by atoms with Gasteiger partial charge < -0.3 is 10.0 Å². The van der Waals surface area contributed by atoms with Crippen LogP contribution in [0.2, 0.25) is 0 Å². The normalized spacial score (nSPS) is 11.1. The van der Waals surface area contributed by atoms with Gasteiger partial charge in [0.2, 0.25) is 0 Å². The second kappa shape index (κ2) is 5.79. The molecule has 0 fully saturated rings. The number of carbonyl (C=O) groups excluding carboxylic acids is 1. The van der Waals surface area contributed by atoms with Gasteiger partial charge in [0.15, 0.2) is 0 Å². The van der Waals surface area contributed by atoms with E-state index in [9.17, 15) is 18.0 Å². The molecular formula is C11H14N2O5S. The third-order valence-corrected chi connectivity index (χ3v) is 3.30. The highest BCUT2D eigenvalue weighted by Gasteiger charge is 2.15. The lowest BCUT2D eigenvalue weighted by Gasteiger charge is -2.15. The van der Waals surface area contributed by atoms with Crippen molar-refractivity contribution in [3.05, 3.63) is 29.6 Å². The van der Waals surface area contributed by atoms with Gasteiger partial charge in [-0.15, -0.1) is 0 Å². The smallest absolute Gasteiger partial charge is 0.337 e. The molecule has 1 rings (SSSR count). The highest BCUT2D eigenvalue weighted by atomic mass is 32.2. The maximum Gasteiger partial charge on any atom is 0.337 e. The molecule has 1 heterocycles. The van der Waals surface area contributed by atoms with Crippen molar-refractivity contribution < 1.29 is 23.1 Å². The van der Waals surface area contributed by atoms with Gasteiger partial charge in [-0.05, 0) is 12.1 Å². The molecule has 104 valence electrons. The van der Waals surface area contributed by atoms with E-state index in [0.29, 0.717) is 0 Å². The van der Waals surface area contributed by atoms with Gasteiger partial charge in [0.25, 0.3) is 5.91 Å². The number of pyridine rings is 1. The van der Waals surface area contributed by atoms with E-state index in [-0.39, 0.29) is 23.6 Å². The lowest BCUT2D eigenvalue weighted by Crippen LogP contribution is -2.32. The Balaban J connectivity index is 2.74. The zero-order valence-corrected chi connectivity index (χ0v) is 11.3. The summed E-state index contributed by atoms with van der Waals surface area (Å²) in [5, 5.41) is 8.70. The van der Waals surface area contributed by atoms with Crippen LogP contribution in [0.25, 0.3) is 0 Å². The highest BCUT2D eigenvalue weighted by molar-refractivity contribution is 7.90. The van der Waals surface area contributed by atoms with Gasteiger partial charge in [-0.25, -0.2) is 13.2 Å². The van der Waals surface area contributed by atoms with Crippen molar-refractivity contribution in [1.29, 1.82) is 0 Å². The van der Waals surface area contributed by atoms with E-state index in [4.69, 9.17) is 5.11 Å². The van der Waals surface area contributed by atoms with E-state index in [1.807, 2.05) is 0 Å². The summed E-state index contributed by atoms with van der Waals surface area (Å²) >= 11 is 0. The number of carbonyl (C=O) groups is 2. The summed E-state index contributed by atoms with van der Waals surface area (Å²) in [6.07, 6.45) is 2.17. The van der Waals surface area contributed by atoms with Crippen LogP contribution < -0.4 is 0 Å². The van der Waals surface area contributed by atoms with E-state index in [1.54, 1.807) is 0 Å². The van der Waals surface area contributed by atoms with Crippen molar-refractivity contribution in [2.45, 2.75) is 0 Å². The third kappa shape index (κ3) is 4.66. The predicted octanol–water partition coefficient (Wildman–Crippen LogP) is -0.104. The predicted molar refractivity (Wildman–Crippen MR) is 67.9 cm³/mol. The molecule has 0 aliphatic carbocycles. The van der Waals surface area contributed by atoms with E-state index in [0.717, 1.165) is 12.5 Å². The number of hydrogen-bond donors (Lipinski definition) is 1. The molecule has 0 unspecified atom stereocenters. The molecule has 1 N–H and O–H groups in total. The van der Waals surface area contributed by atoms with Gasteiger partial charge in [0.05, 0.1) is 11.3 Å². The summed E-state index contributed by atoms with van der Waals surface area (Å²) in [4.78, 5) is 27.5. The van der Waals surface area contributed by atoms with Gasteiger partial charge in [-0.3, -0.25) is 9.78 Å². The minimum atomic E-state index is -3.14. The molecule has 0 radical (unpaired) electrons. The summed E-state index contributed by atoms with van der Waals surface area (Å²) < 4.78 is 22.0. The Morgan fingerprint density at radius 1 is 1.37 bits per heavy atom. The first-order valence-corrected chi connectivity index (χ1v) is 7.39. The van der Waals surface area contributed by atoms with E-state index >= 15 is 0 Å². The number of amides is 1. The molecule has 1 amide bonds. The molecule has 7 nitrogen and oxygen atoms in total. The number of carboxylic acids is 1. The average molecular weight is 286 g/mol. The first-order valence-electron chi connectivity index (χ1n) is 5.33. The van der Waals surface area contributed by atoms with Crippen molar-refractivity contribution in [3.63, 3.8) is 0 Å². The van der Waals surface area contributed by atoms with Gasteiger partial charge >= 0.3 is 5.97 Å². The topological polar surface area (TPSA) is 105 Å². The minimum Gasteiger partial charge on any atom is -0.478 e. The Hall–Kier alpha value is -1.96. The molecule has 0 atom stereocenters. The summed E-state index contributed by atoms with van der Waals surface area (Å²) in [6.45, 7) is 0.0556. The van der Waals surface area contributed by atoms with Crippen LogP contribution in [0.15, 0.2) is 18.3 Å². The quantitative estimate of drug-likeness (QED) is 0.810. The highest BCUT2D eigenvalue weighted by Crippen LogP contribution is 2.03. The number of hydrogen-bond acceptors (Lipinski definition) is 5. The Bertz CT molecular complexity index is 580. The second-order valence-corrected chi connectivity index (χ2v) is 6.35. The summed E-state index contributed by atoms with van der Waals surface area (Å²) in [6, 6.07) is 2.57. The van der Waals surface area contributed by atoms with Crippen molar-refractivity contribution in [1.82, 2.24) is 9.88 Å². The molecule has 0 saturated heterocycles. The Morgan fingerprint density at radius 3 is 2.42 bits per heavy atom. The van der Waals surface area contributed by atoms with Crippen LogP contribution in [0.1, 0.15) is 20.8 Å². The van der Waals surface area contributed by atoms with Crippen molar-refractivity contribution in [3.8, 4) is 0 Å². The lowest BCUT2D eigenvalue weighted by atomic mass is 10.2. The number of rotatable bonds is 5. The fourth-order valence-corrected chi connectivity index (χ4v) is 1.85. The van der Waals surface area contributed by atoms with Crippen molar-refractivity contribution in [2.75, 3.05) is 25.6 Å². The largest absolute Gasteiger partial charge is 0.478 e. The van der Waals surface area contributed by atoms with Crippen LogP contribution in [0.4, 0.5) is 0 Å². The molecule has 1 aromatic rings. The van der Waals surface area contributed by atoms with Crippen LogP contribution in [-0.4, -0.2) is 60.9 Å². The lowest BCUT2D eigenvalue weighted by molar-refractivity contribution is 0.0694. The minimum absolute atomic E-state index is 0.0182. The zero-order chi connectivity index (χ0) is 14.6. The Kier molecular flexibility index (Phi) is 4.60. The van der Waals surface area contributed by atoms with Gasteiger partial charge in [0, 0.05) is 26.0 Å². The molecule has 19 heavy (non-hydrogen) atoms. The first kappa shape index (κ1) is 15.1. The van der Waals surface area contributed by atoms with Crippen LogP contribution in [0.3, 0.4) is 0 Å². The fourth-order valence-electron chi connectivity index (χ4n) is 1.25. The fraction of sp³-hybridized carbons (Fsp3) is 0.364. The molecule has 0 aliphatic rings. The summed E-state index contributed by atoms with van der Waals surface area (Å²) in [5.41, 5.74) is 0.0522. The number of nitrogens with zero attached hydrogens (tertiary/aromatic N) is 2. The number of carboxylic acid groups (broad SMARTS) is 1. The van der Waals surface area contributed by atoms with E-state index < -0.39 is 21.7 Å². The molecule has 8 heteroatoms. The van der Waals surface area contributed by atoms with E-state index in [2.05, 4.69) is 4.98 Å². The molecule has 0 aromatic carbocycles. The Morgan fingerprint density at radius 2 is 2.00 bits per heavy atom. The second-order valence-electron chi connectivity index (χ2n) is 4.09. The van der Waals surface area contributed by atoms with Gasteiger partial charge in [-0.1, -0.05) is 0 Å². The summed E-state index contributed by atoms with van der Waals surface area (Å²) in [5.74, 6) is -1.72. The number of aromatic carboxylic acids is 1. The first-order chi connectivity index (χ1) is 8.70. The van der Waals surface area contributed by atoms with Crippen LogP contribution >= 0.6 is 0 Å². The molecule has 0 bridgehead atoms. The SMILES string of the molecule is CN(CCS(C)(=O)=O)C(=O)c1ccc(C(=O)O)cn1. The van der Waals surface area contributed by atoms with Gasteiger partial charge in [0.1, 0.15) is 15.5 Å². The monoisotopic (exact) mass is 286 g/mol. The third-order valence-electron chi connectivity index (χ3n) is 2.37. The molecule has 0 saturated carbocycles. The average Bonchev–Trinajstić information content (AvgIpc) is 2.34. The molecule has 0 aliphatic heterocycles. The van der Waals surface area contributed by atoms with Crippen molar-refractivity contribution >= 4 is 21.7 Å². The van der Waals surface area contributed by atoms with Crippen LogP contribution in [0, 0.1) is 0 Å². The van der Waals surface area contributed by atoms with Crippen molar-refractivity contribution in [2.24, 2.45) is 0 Å².